The van der Waals surface area contributed by atoms with Gasteiger partial charge in [-0.05, 0) is 67.8 Å². The lowest BCUT2D eigenvalue weighted by Gasteiger charge is -2.43. The normalized spacial score (nSPS) is 17.5. The molecule has 4 nitrogen and oxygen atoms in total. The Kier molecular flexibility index (Phi) is 6.35. The molecule has 0 saturated carbocycles. The molecule has 0 fully saturated rings. The second kappa shape index (κ2) is 9.35. The number of hydrogen-bond acceptors (Lipinski definition) is 2. The number of para-hydroxylation sites is 2. The van der Waals surface area contributed by atoms with Crippen molar-refractivity contribution in [3.63, 3.8) is 0 Å². The molecule has 0 N–H and O–H groups in total. The van der Waals surface area contributed by atoms with Gasteiger partial charge in [0.2, 0.25) is 5.91 Å². The van der Waals surface area contributed by atoms with Crippen LogP contribution in [0.4, 0.5) is 15.8 Å². The Morgan fingerprint density at radius 2 is 1.62 bits per heavy atom. The van der Waals surface area contributed by atoms with Gasteiger partial charge in [-0.2, -0.15) is 0 Å². The van der Waals surface area contributed by atoms with Crippen molar-refractivity contribution < 1.29 is 14.0 Å². The third kappa shape index (κ3) is 4.15. The number of hydrogen-bond donors (Lipinski definition) is 0. The SMILES string of the molecule is CCCC(=O)N1c2ccccc2[C@H](N(C(=O)c2ccc(F)cc2)c2ccccc2)C[C@H]1C. The Balaban J connectivity index is 1.82. The smallest absolute Gasteiger partial charge is 0.258 e. The topological polar surface area (TPSA) is 40.6 Å². The van der Waals surface area contributed by atoms with Gasteiger partial charge in [0.15, 0.2) is 0 Å². The first-order valence-corrected chi connectivity index (χ1v) is 11.1. The van der Waals surface area contributed by atoms with E-state index in [0.29, 0.717) is 18.4 Å². The molecule has 0 spiro atoms. The fourth-order valence-corrected chi connectivity index (χ4v) is 4.50. The zero-order chi connectivity index (χ0) is 22.7. The Morgan fingerprint density at radius 1 is 0.969 bits per heavy atom. The molecule has 0 aromatic heterocycles. The van der Waals surface area contributed by atoms with Crippen LogP contribution in [0.15, 0.2) is 78.9 Å². The first-order valence-electron chi connectivity index (χ1n) is 11.1. The van der Waals surface area contributed by atoms with Crippen LogP contribution < -0.4 is 9.80 Å². The van der Waals surface area contributed by atoms with Crippen molar-refractivity contribution in [1.29, 1.82) is 0 Å². The highest BCUT2D eigenvalue weighted by atomic mass is 19.1. The molecule has 3 aromatic rings. The number of anilines is 2. The van der Waals surface area contributed by atoms with Crippen molar-refractivity contribution in [3.05, 3.63) is 95.8 Å². The lowest BCUT2D eigenvalue weighted by molar-refractivity contribution is -0.119. The van der Waals surface area contributed by atoms with Crippen molar-refractivity contribution in [2.75, 3.05) is 9.80 Å². The summed E-state index contributed by atoms with van der Waals surface area (Å²) in [6, 6.07) is 22.6. The average Bonchev–Trinajstić information content (AvgIpc) is 2.80. The second-order valence-corrected chi connectivity index (χ2v) is 8.19. The molecule has 1 aliphatic heterocycles. The molecule has 0 aliphatic carbocycles. The summed E-state index contributed by atoms with van der Waals surface area (Å²) >= 11 is 0. The van der Waals surface area contributed by atoms with Gasteiger partial charge in [-0.1, -0.05) is 43.3 Å². The number of carbonyl (C=O) groups is 2. The monoisotopic (exact) mass is 430 g/mol. The van der Waals surface area contributed by atoms with Crippen molar-refractivity contribution in [2.45, 2.75) is 45.2 Å². The maximum atomic E-state index is 13.7. The van der Waals surface area contributed by atoms with Crippen LogP contribution in [0.25, 0.3) is 0 Å². The Bertz CT molecular complexity index is 1100. The van der Waals surface area contributed by atoms with E-state index in [4.69, 9.17) is 0 Å². The molecule has 2 atom stereocenters. The van der Waals surface area contributed by atoms with E-state index in [1.165, 1.54) is 24.3 Å². The van der Waals surface area contributed by atoms with E-state index < -0.39 is 0 Å². The maximum absolute atomic E-state index is 13.7. The molecule has 1 heterocycles. The summed E-state index contributed by atoms with van der Waals surface area (Å²) in [4.78, 5) is 30.3. The summed E-state index contributed by atoms with van der Waals surface area (Å²) in [5.74, 6) is -0.479. The lowest BCUT2D eigenvalue weighted by atomic mass is 9.89. The summed E-state index contributed by atoms with van der Waals surface area (Å²) in [7, 11) is 0. The standard InChI is InChI=1S/C27H27FN2O2/c1-3-9-26(31)29-19(2)18-25(23-12-7-8-13-24(23)29)30(22-10-5-4-6-11-22)27(32)20-14-16-21(28)17-15-20/h4-8,10-17,19,25H,3,9,18H2,1-2H3/t19-,25-/m1/s1. The number of nitrogens with zero attached hydrogens (tertiary/aromatic N) is 2. The van der Waals surface area contributed by atoms with Gasteiger partial charge in [-0.25, -0.2) is 4.39 Å². The molecule has 1 aliphatic rings. The van der Waals surface area contributed by atoms with E-state index in [1.807, 2.05) is 73.3 Å². The van der Waals surface area contributed by atoms with E-state index in [1.54, 1.807) is 4.90 Å². The van der Waals surface area contributed by atoms with Crippen LogP contribution in [0.5, 0.6) is 0 Å². The van der Waals surface area contributed by atoms with E-state index in [0.717, 1.165) is 23.4 Å². The molecule has 5 heteroatoms. The predicted molar refractivity (Wildman–Crippen MR) is 125 cm³/mol. The minimum absolute atomic E-state index is 0.0684. The largest absolute Gasteiger partial charge is 0.309 e. The molecule has 4 rings (SSSR count). The van der Waals surface area contributed by atoms with E-state index >= 15 is 0 Å². The quantitative estimate of drug-likeness (QED) is 0.488. The van der Waals surface area contributed by atoms with Crippen LogP contribution in [0.1, 0.15) is 55.1 Å². The number of benzene rings is 3. The zero-order valence-corrected chi connectivity index (χ0v) is 18.4. The molecular formula is C27H27FN2O2. The Labute approximate surface area is 188 Å². The number of fused-ring (bicyclic) bond motifs is 1. The van der Waals surface area contributed by atoms with Gasteiger partial charge in [-0.15, -0.1) is 0 Å². The minimum Gasteiger partial charge on any atom is -0.309 e. The van der Waals surface area contributed by atoms with Crippen LogP contribution in [0, 0.1) is 5.82 Å². The lowest BCUT2D eigenvalue weighted by Crippen LogP contribution is -2.47. The average molecular weight is 431 g/mol. The van der Waals surface area contributed by atoms with E-state index in [-0.39, 0.29) is 29.7 Å². The van der Waals surface area contributed by atoms with Crippen LogP contribution >= 0.6 is 0 Å². The van der Waals surface area contributed by atoms with Crippen molar-refractivity contribution in [2.24, 2.45) is 0 Å². The zero-order valence-electron chi connectivity index (χ0n) is 18.4. The molecule has 3 aromatic carbocycles. The Morgan fingerprint density at radius 3 is 2.31 bits per heavy atom. The summed E-state index contributed by atoms with van der Waals surface area (Å²) in [6.45, 7) is 4.03. The fourth-order valence-electron chi connectivity index (χ4n) is 4.50. The third-order valence-corrected chi connectivity index (χ3v) is 5.95. The van der Waals surface area contributed by atoms with Crippen molar-refractivity contribution in [1.82, 2.24) is 0 Å². The maximum Gasteiger partial charge on any atom is 0.258 e. The van der Waals surface area contributed by atoms with Crippen LogP contribution in [0.3, 0.4) is 0 Å². The predicted octanol–water partition coefficient (Wildman–Crippen LogP) is 6.14. The van der Waals surface area contributed by atoms with Crippen LogP contribution in [-0.2, 0) is 4.79 Å². The molecule has 0 bridgehead atoms. The summed E-state index contributed by atoms with van der Waals surface area (Å²) in [6.07, 6.45) is 1.88. The first kappa shape index (κ1) is 21.8. The van der Waals surface area contributed by atoms with E-state index in [2.05, 4.69) is 0 Å². The summed E-state index contributed by atoms with van der Waals surface area (Å²) in [5.41, 5.74) is 2.98. The second-order valence-electron chi connectivity index (χ2n) is 8.19. The minimum atomic E-state index is -0.380. The van der Waals surface area contributed by atoms with Gasteiger partial charge >= 0.3 is 0 Å². The number of carbonyl (C=O) groups excluding carboxylic acids is 2. The van der Waals surface area contributed by atoms with Gasteiger partial charge in [0, 0.05) is 29.4 Å². The molecule has 32 heavy (non-hydrogen) atoms. The Hall–Kier alpha value is -3.47. The summed E-state index contributed by atoms with van der Waals surface area (Å²) < 4.78 is 13.5. The highest BCUT2D eigenvalue weighted by molar-refractivity contribution is 6.07. The number of rotatable bonds is 5. The van der Waals surface area contributed by atoms with Gasteiger partial charge in [0.05, 0.1) is 6.04 Å². The van der Waals surface area contributed by atoms with Gasteiger partial charge in [0.25, 0.3) is 5.91 Å². The number of halogens is 1. The van der Waals surface area contributed by atoms with Crippen molar-refractivity contribution >= 4 is 23.2 Å². The van der Waals surface area contributed by atoms with Gasteiger partial charge in [-0.3, -0.25) is 9.59 Å². The molecule has 0 radical (unpaired) electrons. The molecule has 164 valence electrons. The molecular weight excluding hydrogens is 403 g/mol. The van der Waals surface area contributed by atoms with E-state index in [9.17, 15) is 14.0 Å². The third-order valence-electron chi connectivity index (χ3n) is 5.95. The molecule has 0 saturated heterocycles. The highest BCUT2D eigenvalue weighted by Gasteiger charge is 2.38. The van der Waals surface area contributed by atoms with Gasteiger partial charge < -0.3 is 9.80 Å². The first-order chi connectivity index (χ1) is 15.5. The highest BCUT2D eigenvalue weighted by Crippen LogP contribution is 2.43. The van der Waals surface area contributed by atoms with Crippen LogP contribution in [0.2, 0.25) is 0 Å². The van der Waals surface area contributed by atoms with Crippen molar-refractivity contribution in [3.8, 4) is 0 Å². The summed E-state index contributed by atoms with van der Waals surface area (Å²) in [5, 5.41) is 0. The van der Waals surface area contributed by atoms with Crippen LogP contribution in [-0.4, -0.2) is 17.9 Å². The number of amides is 2. The molecule has 0 unspecified atom stereocenters. The van der Waals surface area contributed by atoms with Gasteiger partial charge in [0.1, 0.15) is 5.82 Å². The fraction of sp³-hybridized carbons (Fsp3) is 0.259. The molecule has 2 amide bonds.